The zero-order chi connectivity index (χ0) is 12.5. The van der Waals surface area contributed by atoms with Crippen molar-refractivity contribution in [1.82, 2.24) is 5.32 Å². The second-order valence-corrected chi connectivity index (χ2v) is 6.54. The minimum atomic E-state index is -3.86. The zero-order valence-corrected chi connectivity index (χ0v) is 11.7. The molecule has 16 heavy (non-hydrogen) atoms. The Labute approximate surface area is 107 Å². The van der Waals surface area contributed by atoms with Gasteiger partial charge in [0.1, 0.15) is 0 Å². The Morgan fingerprint density at radius 2 is 2.00 bits per heavy atom. The average molecular weight is 327 g/mol. The molecule has 7 heteroatoms. The third-order valence-electron chi connectivity index (χ3n) is 2.06. The minimum absolute atomic E-state index is 0.0675. The highest BCUT2D eigenvalue weighted by Gasteiger charge is 2.19. The Kier molecular flexibility index (Phi) is 3.98. The number of rotatable bonds is 2. The highest BCUT2D eigenvalue weighted by molar-refractivity contribution is 9.10. The maximum atomic E-state index is 11.5. The van der Waals surface area contributed by atoms with Crippen LogP contribution in [0, 0.1) is 6.92 Å². The molecule has 1 amide bonds. The predicted molar refractivity (Wildman–Crippen MR) is 65.3 cm³/mol. The molecule has 0 aliphatic heterocycles. The SMILES string of the molecule is CNC(=O)c1cc(Br)cc(S(=O)(=O)Cl)c1C. The summed E-state index contributed by atoms with van der Waals surface area (Å²) >= 11 is 3.13. The summed E-state index contributed by atoms with van der Waals surface area (Å²) in [6, 6.07) is 2.91. The highest BCUT2D eigenvalue weighted by Crippen LogP contribution is 2.27. The van der Waals surface area contributed by atoms with Crippen LogP contribution in [0.4, 0.5) is 0 Å². The monoisotopic (exact) mass is 325 g/mol. The van der Waals surface area contributed by atoms with E-state index in [2.05, 4.69) is 21.2 Å². The van der Waals surface area contributed by atoms with E-state index in [0.29, 0.717) is 10.0 Å². The number of hydrogen-bond acceptors (Lipinski definition) is 3. The standard InChI is InChI=1S/C9H9BrClNO3S/c1-5-7(9(13)12-2)3-6(10)4-8(5)16(11,14)15/h3-4H,1-2H3,(H,12,13). The van der Waals surface area contributed by atoms with Crippen molar-refractivity contribution in [1.29, 1.82) is 0 Å². The topological polar surface area (TPSA) is 63.2 Å². The van der Waals surface area contributed by atoms with Crippen LogP contribution in [0.3, 0.4) is 0 Å². The average Bonchev–Trinajstić information content (AvgIpc) is 2.18. The Hall–Kier alpha value is -0.590. The van der Waals surface area contributed by atoms with Gasteiger partial charge in [0.25, 0.3) is 15.0 Å². The molecule has 4 nitrogen and oxygen atoms in total. The molecule has 0 saturated carbocycles. The van der Waals surface area contributed by atoms with Crippen molar-refractivity contribution < 1.29 is 13.2 Å². The Morgan fingerprint density at radius 3 is 2.44 bits per heavy atom. The van der Waals surface area contributed by atoms with Crippen LogP contribution >= 0.6 is 26.6 Å². The molecule has 1 rings (SSSR count). The molecule has 0 spiro atoms. The lowest BCUT2D eigenvalue weighted by molar-refractivity contribution is 0.0962. The van der Waals surface area contributed by atoms with E-state index < -0.39 is 9.05 Å². The molecule has 88 valence electrons. The Balaban J connectivity index is 3.56. The van der Waals surface area contributed by atoms with Crippen molar-refractivity contribution in [3.8, 4) is 0 Å². The van der Waals surface area contributed by atoms with Gasteiger partial charge in [0.2, 0.25) is 0 Å². The molecule has 0 radical (unpaired) electrons. The third-order valence-corrected chi connectivity index (χ3v) is 3.97. The second-order valence-electron chi connectivity index (χ2n) is 3.09. The quantitative estimate of drug-likeness (QED) is 0.846. The summed E-state index contributed by atoms with van der Waals surface area (Å²) in [4.78, 5) is 11.4. The van der Waals surface area contributed by atoms with Gasteiger partial charge in [-0.2, -0.15) is 0 Å². The first-order chi connectivity index (χ1) is 7.27. The third kappa shape index (κ3) is 2.75. The van der Waals surface area contributed by atoms with Gasteiger partial charge in [0.05, 0.1) is 4.90 Å². The Morgan fingerprint density at radius 1 is 1.44 bits per heavy atom. The van der Waals surface area contributed by atoms with Crippen LogP contribution in [-0.2, 0) is 9.05 Å². The van der Waals surface area contributed by atoms with Crippen LogP contribution in [0.2, 0.25) is 0 Å². The van der Waals surface area contributed by atoms with Crippen LogP contribution in [0.5, 0.6) is 0 Å². The molecule has 1 aromatic rings. The number of nitrogens with one attached hydrogen (secondary N) is 1. The van der Waals surface area contributed by atoms with E-state index in [0.717, 1.165) is 0 Å². The summed E-state index contributed by atoms with van der Waals surface area (Å²) in [7, 11) is 2.89. The lowest BCUT2D eigenvalue weighted by Gasteiger charge is -2.09. The molecule has 0 atom stereocenters. The maximum Gasteiger partial charge on any atom is 0.261 e. The van der Waals surface area contributed by atoms with Crippen LogP contribution in [0.25, 0.3) is 0 Å². The molecule has 0 unspecified atom stereocenters. The summed E-state index contributed by atoms with van der Waals surface area (Å²) in [5.41, 5.74) is 0.605. The molecule has 0 saturated heterocycles. The van der Waals surface area contributed by atoms with E-state index in [-0.39, 0.29) is 16.4 Å². The summed E-state index contributed by atoms with van der Waals surface area (Å²) in [5.74, 6) is -0.361. The van der Waals surface area contributed by atoms with E-state index in [1.54, 1.807) is 6.07 Å². The lowest BCUT2D eigenvalue weighted by atomic mass is 10.1. The Bertz CT molecular complexity index is 542. The largest absolute Gasteiger partial charge is 0.355 e. The van der Waals surface area contributed by atoms with Gasteiger partial charge >= 0.3 is 0 Å². The molecule has 0 aliphatic carbocycles. The molecule has 0 bridgehead atoms. The first-order valence-electron chi connectivity index (χ1n) is 4.24. The van der Waals surface area contributed by atoms with Gasteiger partial charge in [-0.15, -0.1) is 0 Å². The zero-order valence-electron chi connectivity index (χ0n) is 8.54. The summed E-state index contributed by atoms with van der Waals surface area (Å²) in [6.45, 7) is 1.53. The highest BCUT2D eigenvalue weighted by atomic mass is 79.9. The van der Waals surface area contributed by atoms with E-state index in [9.17, 15) is 13.2 Å². The predicted octanol–water partition coefficient (Wildman–Crippen LogP) is 2.04. The molecule has 0 fully saturated rings. The van der Waals surface area contributed by atoms with E-state index in [4.69, 9.17) is 10.7 Å². The normalized spacial score (nSPS) is 11.2. The van der Waals surface area contributed by atoms with Gasteiger partial charge in [0, 0.05) is 27.8 Å². The molecule has 0 aliphatic rings. The fourth-order valence-corrected chi connectivity index (χ4v) is 3.11. The molecule has 0 aromatic heterocycles. The number of hydrogen-bond donors (Lipinski definition) is 1. The van der Waals surface area contributed by atoms with Crippen molar-refractivity contribution in [3.63, 3.8) is 0 Å². The number of amides is 1. The fourth-order valence-electron chi connectivity index (χ4n) is 1.28. The fraction of sp³-hybridized carbons (Fsp3) is 0.222. The van der Waals surface area contributed by atoms with Crippen LogP contribution in [0.15, 0.2) is 21.5 Å². The van der Waals surface area contributed by atoms with Crippen molar-refractivity contribution >= 4 is 41.6 Å². The first kappa shape index (κ1) is 13.5. The number of benzene rings is 1. The molecule has 0 heterocycles. The van der Waals surface area contributed by atoms with Gasteiger partial charge < -0.3 is 5.32 Å². The van der Waals surface area contributed by atoms with Gasteiger partial charge in [-0.05, 0) is 24.6 Å². The van der Waals surface area contributed by atoms with Gasteiger partial charge in [0.15, 0.2) is 0 Å². The van der Waals surface area contributed by atoms with Gasteiger partial charge in [-0.3, -0.25) is 4.79 Å². The molecular formula is C9H9BrClNO3S. The van der Waals surface area contributed by atoms with Crippen LogP contribution < -0.4 is 5.32 Å². The van der Waals surface area contributed by atoms with Gasteiger partial charge in [-0.1, -0.05) is 15.9 Å². The van der Waals surface area contributed by atoms with Gasteiger partial charge in [-0.25, -0.2) is 8.42 Å². The van der Waals surface area contributed by atoms with Crippen molar-refractivity contribution in [2.45, 2.75) is 11.8 Å². The van der Waals surface area contributed by atoms with E-state index >= 15 is 0 Å². The first-order valence-corrected chi connectivity index (χ1v) is 7.34. The maximum absolute atomic E-state index is 11.5. The minimum Gasteiger partial charge on any atom is -0.355 e. The number of carbonyl (C=O) groups excluding carboxylic acids is 1. The van der Waals surface area contributed by atoms with E-state index in [1.165, 1.54) is 20.0 Å². The summed E-state index contributed by atoms with van der Waals surface area (Å²) in [5, 5.41) is 2.43. The van der Waals surface area contributed by atoms with Crippen molar-refractivity contribution in [3.05, 3.63) is 27.7 Å². The smallest absolute Gasteiger partial charge is 0.261 e. The summed E-state index contributed by atoms with van der Waals surface area (Å²) < 4.78 is 23.0. The summed E-state index contributed by atoms with van der Waals surface area (Å²) in [6.07, 6.45) is 0. The van der Waals surface area contributed by atoms with Crippen LogP contribution in [0.1, 0.15) is 15.9 Å². The molecular weight excluding hydrogens is 318 g/mol. The number of carbonyl (C=O) groups is 1. The molecule has 1 aromatic carbocycles. The second kappa shape index (κ2) is 4.73. The van der Waals surface area contributed by atoms with Crippen molar-refractivity contribution in [2.75, 3.05) is 7.05 Å². The number of halogens is 2. The van der Waals surface area contributed by atoms with Crippen LogP contribution in [-0.4, -0.2) is 21.4 Å². The molecule has 1 N–H and O–H groups in total. The van der Waals surface area contributed by atoms with Crippen molar-refractivity contribution in [2.24, 2.45) is 0 Å². The lowest BCUT2D eigenvalue weighted by Crippen LogP contribution is -2.19. The van der Waals surface area contributed by atoms with E-state index in [1.807, 2.05) is 0 Å².